The predicted molar refractivity (Wildman–Crippen MR) is 98.4 cm³/mol. The number of hydroxylamine groups is 1. The lowest BCUT2D eigenvalue weighted by atomic mass is 9.97. The Balaban J connectivity index is 1.68. The van der Waals surface area contributed by atoms with Crippen molar-refractivity contribution in [2.24, 2.45) is 0 Å². The smallest absolute Gasteiger partial charge is 0.187 e. The van der Waals surface area contributed by atoms with Gasteiger partial charge in [0.2, 0.25) is 0 Å². The molecule has 1 aliphatic heterocycles. The first kappa shape index (κ1) is 15.6. The van der Waals surface area contributed by atoms with Gasteiger partial charge in [-0.2, -0.15) is 0 Å². The van der Waals surface area contributed by atoms with Crippen LogP contribution in [0.15, 0.2) is 91.0 Å². The first-order chi connectivity index (χ1) is 12.3. The summed E-state index contributed by atoms with van der Waals surface area (Å²) in [7, 11) is 0. The standard InChI is InChI=1S/C22H19NO2/c24-22(18-12-6-2-7-13-18)20-16-21(17-10-4-1-5-11-17)25-23(20)19-14-8-3-9-15-19/h1-15,20-21H,16H2. The number of Topliss-reactive ketones (excluding diaryl/α,β-unsaturated/α-hetero) is 1. The lowest BCUT2D eigenvalue weighted by molar-refractivity contribution is 0.0773. The third kappa shape index (κ3) is 3.19. The molecule has 1 fully saturated rings. The first-order valence-corrected chi connectivity index (χ1v) is 8.48. The number of anilines is 1. The van der Waals surface area contributed by atoms with E-state index in [1.165, 1.54) is 0 Å². The summed E-state index contributed by atoms with van der Waals surface area (Å²) in [6, 6.07) is 29.0. The highest BCUT2D eigenvalue weighted by Crippen LogP contribution is 2.37. The number of benzene rings is 3. The molecule has 0 spiro atoms. The van der Waals surface area contributed by atoms with Crippen LogP contribution in [0, 0.1) is 0 Å². The maximum absolute atomic E-state index is 13.1. The fourth-order valence-corrected chi connectivity index (χ4v) is 3.24. The van der Waals surface area contributed by atoms with Crippen LogP contribution in [0.1, 0.15) is 28.4 Å². The fourth-order valence-electron chi connectivity index (χ4n) is 3.24. The quantitative estimate of drug-likeness (QED) is 0.643. The molecule has 25 heavy (non-hydrogen) atoms. The van der Waals surface area contributed by atoms with Gasteiger partial charge in [0.05, 0.1) is 5.69 Å². The third-order valence-electron chi connectivity index (χ3n) is 4.50. The van der Waals surface area contributed by atoms with E-state index < -0.39 is 0 Å². The summed E-state index contributed by atoms with van der Waals surface area (Å²) in [5.74, 6) is 0.0860. The maximum Gasteiger partial charge on any atom is 0.187 e. The summed E-state index contributed by atoms with van der Waals surface area (Å²) in [6.45, 7) is 0. The van der Waals surface area contributed by atoms with Crippen molar-refractivity contribution in [3.8, 4) is 0 Å². The van der Waals surface area contributed by atoms with E-state index in [4.69, 9.17) is 4.84 Å². The van der Waals surface area contributed by atoms with Crippen molar-refractivity contribution >= 4 is 11.5 Å². The molecule has 0 bridgehead atoms. The fraction of sp³-hybridized carbons (Fsp3) is 0.136. The van der Waals surface area contributed by atoms with Crippen molar-refractivity contribution in [3.05, 3.63) is 102 Å². The Bertz CT molecular complexity index is 834. The Morgan fingerprint density at radius 2 is 1.36 bits per heavy atom. The summed E-state index contributed by atoms with van der Waals surface area (Å²) < 4.78 is 0. The van der Waals surface area contributed by atoms with E-state index in [1.807, 2.05) is 91.0 Å². The predicted octanol–water partition coefficient (Wildman–Crippen LogP) is 4.82. The minimum atomic E-state index is -0.338. The zero-order valence-corrected chi connectivity index (χ0v) is 13.8. The lowest BCUT2D eigenvalue weighted by Gasteiger charge is -2.24. The number of hydrogen-bond donors (Lipinski definition) is 0. The van der Waals surface area contributed by atoms with Gasteiger partial charge in [0, 0.05) is 12.0 Å². The average Bonchev–Trinajstić information content (AvgIpc) is 3.15. The molecule has 0 radical (unpaired) electrons. The maximum atomic E-state index is 13.1. The molecule has 2 atom stereocenters. The number of para-hydroxylation sites is 1. The molecular formula is C22H19NO2. The number of carbonyl (C=O) groups is 1. The molecule has 124 valence electrons. The third-order valence-corrected chi connectivity index (χ3v) is 4.50. The number of ketones is 1. The number of rotatable bonds is 4. The van der Waals surface area contributed by atoms with Crippen LogP contribution in [0.4, 0.5) is 5.69 Å². The molecular weight excluding hydrogens is 310 g/mol. The molecule has 3 heteroatoms. The van der Waals surface area contributed by atoms with E-state index in [9.17, 15) is 4.79 Å². The Morgan fingerprint density at radius 1 is 0.800 bits per heavy atom. The second-order valence-electron chi connectivity index (χ2n) is 6.15. The van der Waals surface area contributed by atoms with Gasteiger partial charge in [-0.1, -0.05) is 78.9 Å². The molecule has 0 aromatic heterocycles. The van der Waals surface area contributed by atoms with Crippen LogP contribution in [0.2, 0.25) is 0 Å². The summed E-state index contributed by atoms with van der Waals surface area (Å²) in [5, 5.41) is 1.77. The van der Waals surface area contributed by atoms with Crippen LogP contribution < -0.4 is 5.06 Å². The molecule has 3 nitrogen and oxygen atoms in total. The molecule has 0 saturated carbocycles. The Kier molecular flexibility index (Phi) is 4.32. The summed E-state index contributed by atoms with van der Waals surface area (Å²) in [4.78, 5) is 19.3. The molecule has 2 unspecified atom stereocenters. The van der Waals surface area contributed by atoms with Gasteiger partial charge in [0.15, 0.2) is 5.78 Å². The minimum Gasteiger partial charge on any atom is -0.292 e. The number of hydrogen-bond acceptors (Lipinski definition) is 3. The largest absolute Gasteiger partial charge is 0.292 e. The molecule has 1 saturated heterocycles. The molecule has 3 aromatic carbocycles. The van der Waals surface area contributed by atoms with Gasteiger partial charge < -0.3 is 0 Å². The second-order valence-corrected chi connectivity index (χ2v) is 6.15. The molecule has 1 aliphatic rings. The highest BCUT2D eigenvalue weighted by Gasteiger charge is 2.39. The van der Waals surface area contributed by atoms with E-state index in [0.29, 0.717) is 12.0 Å². The minimum absolute atomic E-state index is 0.0860. The van der Waals surface area contributed by atoms with Crippen LogP contribution in [0.25, 0.3) is 0 Å². The van der Waals surface area contributed by atoms with Crippen LogP contribution >= 0.6 is 0 Å². The van der Waals surface area contributed by atoms with Gasteiger partial charge in [-0.15, -0.1) is 0 Å². The van der Waals surface area contributed by atoms with Crippen LogP contribution in [-0.2, 0) is 4.84 Å². The van der Waals surface area contributed by atoms with Gasteiger partial charge in [-0.25, -0.2) is 5.06 Å². The highest BCUT2D eigenvalue weighted by molar-refractivity contribution is 6.02. The van der Waals surface area contributed by atoms with Crippen LogP contribution in [0.3, 0.4) is 0 Å². The van der Waals surface area contributed by atoms with Crippen molar-refractivity contribution in [2.75, 3.05) is 5.06 Å². The van der Waals surface area contributed by atoms with Gasteiger partial charge in [-0.3, -0.25) is 9.63 Å². The van der Waals surface area contributed by atoms with E-state index in [2.05, 4.69) is 0 Å². The topological polar surface area (TPSA) is 29.5 Å². The van der Waals surface area contributed by atoms with Gasteiger partial charge in [0.1, 0.15) is 12.1 Å². The summed E-state index contributed by atoms with van der Waals surface area (Å²) in [6.07, 6.45) is 0.506. The van der Waals surface area contributed by atoms with E-state index in [1.54, 1.807) is 5.06 Å². The van der Waals surface area contributed by atoms with E-state index in [0.717, 1.165) is 11.3 Å². The van der Waals surface area contributed by atoms with Crippen molar-refractivity contribution in [3.63, 3.8) is 0 Å². The van der Waals surface area contributed by atoms with Crippen molar-refractivity contribution in [1.82, 2.24) is 0 Å². The molecule has 0 N–H and O–H groups in total. The highest BCUT2D eigenvalue weighted by atomic mass is 16.7. The van der Waals surface area contributed by atoms with Crippen molar-refractivity contribution in [1.29, 1.82) is 0 Å². The van der Waals surface area contributed by atoms with Crippen LogP contribution in [0.5, 0.6) is 0 Å². The molecule has 0 aliphatic carbocycles. The lowest BCUT2D eigenvalue weighted by Crippen LogP contribution is -2.35. The molecule has 3 aromatic rings. The van der Waals surface area contributed by atoms with Gasteiger partial charge >= 0.3 is 0 Å². The second kappa shape index (κ2) is 6.91. The normalized spacial score (nSPS) is 19.8. The van der Waals surface area contributed by atoms with Crippen LogP contribution in [-0.4, -0.2) is 11.8 Å². The number of nitrogens with zero attached hydrogens (tertiary/aromatic N) is 1. The van der Waals surface area contributed by atoms with Crippen molar-refractivity contribution < 1.29 is 9.63 Å². The van der Waals surface area contributed by atoms with E-state index in [-0.39, 0.29) is 17.9 Å². The number of carbonyl (C=O) groups excluding carboxylic acids is 1. The summed E-state index contributed by atoms with van der Waals surface area (Å²) >= 11 is 0. The first-order valence-electron chi connectivity index (χ1n) is 8.48. The average molecular weight is 329 g/mol. The van der Waals surface area contributed by atoms with E-state index >= 15 is 0 Å². The Hall–Kier alpha value is -2.91. The zero-order valence-electron chi connectivity index (χ0n) is 13.8. The van der Waals surface area contributed by atoms with Gasteiger partial charge in [0.25, 0.3) is 0 Å². The summed E-state index contributed by atoms with van der Waals surface area (Å²) in [5.41, 5.74) is 2.70. The Morgan fingerprint density at radius 3 is 2.00 bits per heavy atom. The zero-order chi connectivity index (χ0) is 17.1. The Labute approximate surface area is 147 Å². The molecule has 0 amide bonds. The monoisotopic (exact) mass is 329 g/mol. The van der Waals surface area contributed by atoms with Crippen molar-refractivity contribution in [2.45, 2.75) is 18.6 Å². The molecule has 4 rings (SSSR count). The van der Waals surface area contributed by atoms with Gasteiger partial charge in [-0.05, 0) is 17.7 Å². The molecule has 1 heterocycles. The SMILES string of the molecule is O=C(c1ccccc1)C1CC(c2ccccc2)ON1c1ccccc1.